The molecule has 5 nitrogen and oxygen atoms in total. The van der Waals surface area contributed by atoms with Crippen LogP contribution in [0, 0.1) is 5.82 Å². The van der Waals surface area contributed by atoms with Gasteiger partial charge in [-0.25, -0.2) is 9.07 Å². The number of nitrogens with zero attached hydrogens (tertiary/aromatic N) is 3. The van der Waals surface area contributed by atoms with Crippen LogP contribution in [0.25, 0.3) is 23.0 Å². The highest BCUT2D eigenvalue weighted by atomic mass is 32.2. The Kier molecular flexibility index (Phi) is 7.80. The molecule has 1 saturated heterocycles. The van der Waals surface area contributed by atoms with E-state index in [0.717, 1.165) is 48.2 Å². The van der Waals surface area contributed by atoms with Gasteiger partial charge >= 0.3 is 0 Å². The van der Waals surface area contributed by atoms with Crippen LogP contribution in [0.1, 0.15) is 43.2 Å². The topological polar surface area (TPSA) is 47.4 Å². The molecule has 0 N–H and O–H groups in total. The molecule has 1 amide bonds. The molecule has 1 aliphatic carbocycles. The van der Waals surface area contributed by atoms with E-state index in [2.05, 4.69) is 0 Å². The van der Waals surface area contributed by atoms with E-state index in [9.17, 15) is 9.18 Å². The highest BCUT2D eigenvalue weighted by molar-refractivity contribution is 8.26. The van der Waals surface area contributed by atoms with E-state index in [1.807, 2.05) is 76.5 Å². The molecule has 40 heavy (non-hydrogen) atoms. The Hall–Kier alpha value is -3.75. The number of ether oxygens (including phenoxy) is 1. The highest BCUT2D eigenvalue weighted by Crippen LogP contribution is 2.38. The molecule has 0 bridgehead atoms. The second-order valence-electron chi connectivity index (χ2n) is 9.96. The van der Waals surface area contributed by atoms with Crippen LogP contribution in [0.2, 0.25) is 0 Å². The quantitative estimate of drug-likeness (QED) is 0.168. The minimum Gasteiger partial charge on any atom is -0.489 e. The SMILES string of the molecule is O=C1/C(=C/c2cn(-c3ccccc3)nc2-c2ccc(OCc3ccccc3F)cc2)SC(=S)N1C1CCCCC1. The first-order valence-electron chi connectivity index (χ1n) is 13.5. The lowest BCUT2D eigenvalue weighted by Gasteiger charge is -2.29. The van der Waals surface area contributed by atoms with Crippen LogP contribution in [0.15, 0.2) is 90.0 Å². The summed E-state index contributed by atoms with van der Waals surface area (Å²) in [5.74, 6) is 0.325. The van der Waals surface area contributed by atoms with Crippen molar-refractivity contribution < 1.29 is 13.9 Å². The number of carbonyl (C=O) groups is 1. The van der Waals surface area contributed by atoms with Crippen LogP contribution in [-0.2, 0) is 11.4 Å². The van der Waals surface area contributed by atoms with Crippen molar-refractivity contribution in [3.8, 4) is 22.7 Å². The van der Waals surface area contributed by atoms with Gasteiger partial charge in [-0.1, -0.05) is 79.6 Å². The van der Waals surface area contributed by atoms with E-state index in [-0.39, 0.29) is 24.4 Å². The highest BCUT2D eigenvalue weighted by Gasteiger charge is 2.37. The second kappa shape index (κ2) is 11.8. The smallest absolute Gasteiger partial charge is 0.266 e. The zero-order chi connectivity index (χ0) is 27.5. The number of halogens is 1. The summed E-state index contributed by atoms with van der Waals surface area (Å²) in [5, 5.41) is 4.90. The number of amides is 1. The van der Waals surface area contributed by atoms with Crippen molar-refractivity contribution in [3.05, 3.63) is 107 Å². The average molecular weight is 570 g/mol. The molecule has 0 unspecified atom stereocenters. The lowest BCUT2D eigenvalue weighted by atomic mass is 9.94. The number of rotatable bonds is 7. The van der Waals surface area contributed by atoms with Crippen molar-refractivity contribution >= 4 is 40.3 Å². The largest absolute Gasteiger partial charge is 0.489 e. The third-order valence-electron chi connectivity index (χ3n) is 7.29. The maximum Gasteiger partial charge on any atom is 0.266 e. The Morgan fingerprint density at radius 2 is 1.70 bits per heavy atom. The molecule has 1 saturated carbocycles. The molecule has 0 atom stereocenters. The van der Waals surface area contributed by atoms with E-state index in [4.69, 9.17) is 22.1 Å². The van der Waals surface area contributed by atoms with Crippen molar-refractivity contribution in [2.45, 2.75) is 44.8 Å². The minimum absolute atomic E-state index is 0.0165. The summed E-state index contributed by atoms with van der Waals surface area (Å²) in [5.41, 5.74) is 3.87. The van der Waals surface area contributed by atoms with Crippen LogP contribution < -0.4 is 4.74 Å². The number of hydrogen-bond donors (Lipinski definition) is 0. The van der Waals surface area contributed by atoms with Crippen LogP contribution in [0.5, 0.6) is 5.75 Å². The number of benzene rings is 3. The second-order valence-corrected chi connectivity index (χ2v) is 11.6. The third kappa shape index (κ3) is 5.60. The zero-order valence-electron chi connectivity index (χ0n) is 21.8. The van der Waals surface area contributed by atoms with Crippen LogP contribution in [0.3, 0.4) is 0 Å². The van der Waals surface area contributed by atoms with E-state index in [1.165, 1.54) is 24.2 Å². The van der Waals surface area contributed by atoms with Gasteiger partial charge in [0.05, 0.1) is 16.3 Å². The maximum absolute atomic E-state index is 14.0. The number of carbonyl (C=O) groups excluding carboxylic acids is 1. The Bertz CT molecular complexity index is 1560. The molecule has 2 heterocycles. The minimum atomic E-state index is -0.288. The molecule has 1 aromatic heterocycles. The number of aromatic nitrogens is 2. The Labute approximate surface area is 242 Å². The number of hydrogen-bond acceptors (Lipinski definition) is 5. The van der Waals surface area contributed by atoms with E-state index in [1.54, 1.807) is 18.2 Å². The van der Waals surface area contributed by atoms with Crippen molar-refractivity contribution in [1.82, 2.24) is 14.7 Å². The van der Waals surface area contributed by atoms with Crippen molar-refractivity contribution in [2.24, 2.45) is 0 Å². The first kappa shape index (κ1) is 26.5. The fourth-order valence-electron chi connectivity index (χ4n) is 5.19. The van der Waals surface area contributed by atoms with Gasteiger partial charge < -0.3 is 4.74 Å². The first-order chi connectivity index (χ1) is 19.6. The Morgan fingerprint density at radius 3 is 2.45 bits per heavy atom. The Balaban J connectivity index is 1.29. The monoisotopic (exact) mass is 569 g/mol. The average Bonchev–Trinajstić information content (AvgIpc) is 3.53. The lowest BCUT2D eigenvalue weighted by molar-refractivity contribution is -0.124. The van der Waals surface area contributed by atoms with Crippen molar-refractivity contribution in [3.63, 3.8) is 0 Å². The fourth-order valence-corrected chi connectivity index (χ4v) is 6.58. The maximum atomic E-state index is 14.0. The van der Waals surface area contributed by atoms with Gasteiger partial charge in [0, 0.05) is 28.9 Å². The summed E-state index contributed by atoms with van der Waals surface area (Å²) in [6.07, 6.45) is 9.34. The summed E-state index contributed by atoms with van der Waals surface area (Å²) in [6.45, 7) is 0.142. The molecule has 4 aromatic rings. The number of thiocarbonyl (C=S) groups is 1. The molecule has 1 aliphatic heterocycles. The fraction of sp³-hybridized carbons (Fsp3) is 0.219. The molecular weight excluding hydrogens is 542 g/mol. The summed E-state index contributed by atoms with van der Waals surface area (Å²) >= 11 is 7.02. The normalized spacial score (nSPS) is 17.1. The molecule has 0 spiro atoms. The van der Waals surface area contributed by atoms with Crippen LogP contribution in [0.4, 0.5) is 4.39 Å². The predicted molar refractivity (Wildman–Crippen MR) is 162 cm³/mol. The van der Waals surface area contributed by atoms with Crippen molar-refractivity contribution in [1.29, 1.82) is 0 Å². The first-order valence-corrected chi connectivity index (χ1v) is 14.7. The van der Waals surface area contributed by atoms with Crippen molar-refractivity contribution in [2.75, 3.05) is 0 Å². The van der Waals surface area contributed by atoms with Gasteiger partial charge in [0.15, 0.2) is 0 Å². The lowest BCUT2D eigenvalue weighted by Crippen LogP contribution is -2.39. The standard InChI is InChI=1S/C32H28FN3O2S2/c33-28-14-8-7-9-23(28)21-38-27-17-15-22(16-18-27)30-24(20-35(34-30)25-10-3-1-4-11-25)19-29-31(37)36(32(39)40-29)26-12-5-2-6-13-26/h1,3-4,7-11,14-20,26H,2,5-6,12-13,21H2/b29-19-. The van der Waals surface area contributed by atoms with Gasteiger partial charge in [0.2, 0.25) is 0 Å². The summed E-state index contributed by atoms with van der Waals surface area (Å²) < 4.78 is 22.3. The number of thioether (sulfide) groups is 1. The van der Waals surface area contributed by atoms with Gasteiger partial charge in [-0.15, -0.1) is 0 Å². The summed E-state index contributed by atoms with van der Waals surface area (Å²) in [7, 11) is 0. The number of para-hydroxylation sites is 1. The molecule has 3 aromatic carbocycles. The molecule has 0 radical (unpaired) electrons. The molecule has 2 aliphatic rings. The zero-order valence-corrected chi connectivity index (χ0v) is 23.5. The van der Waals surface area contributed by atoms with Gasteiger partial charge in [-0.05, 0) is 61.4 Å². The predicted octanol–water partition coefficient (Wildman–Crippen LogP) is 7.79. The van der Waals surface area contributed by atoms with Gasteiger partial charge in [-0.2, -0.15) is 5.10 Å². The van der Waals surface area contributed by atoms with Crippen LogP contribution >= 0.6 is 24.0 Å². The molecule has 6 rings (SSSR count). The van der Waals surface area contributed by atoms with Gasteiger partial charge in [0.25, 0.3) is 5.91 Å². The molecule has 2 fully saturated rings. The molecular formula is C32H28FN3O2S2. The summed E-state index contributed by atoms with van der Waals surface area (Å²) in [4.78, 5) is 15.9. The van der Waals surface area contributed by atoms with E-state index < -0.39 is 0 Å². The molecule has 202 valence electrons. The Morgan fingerprint density at radius 1 is 0.975 bits per heavy atom. The molecule has 8 heteroatoms. The van der Waals surface area contributed by atoms with E-state index in [0.29, 0.717) is 20.5 Å². The van der Waals surface area contributed by atoms with E-state index >= 15 is 0 Å². The van der Waals surface area contributed by atoms with Crippen LogP contribution in [-0.4, -0.2) is 30.9 Å². The van der Waals surface area contributed by atoms with Gasteiger partial charge in [0.1, 0.15) is 22.5 Å². The third-order valence-corrected chi connectivity index (χ3v) is 8.62. The summed E-state index contributed by atoms with van der Waals surface area (Å²) in [6, 6.07) is 24.2. The van der Waals surface area contributed by atoms with Gasteiger partial charge in [-0.3, -0.25) is 9.69 Å².